The Kier molecular flexibility index (Phi) is 4.67. The van der Waals surface area contributed by atoms with E-state index in [1.165, 1.54) is 30.5 Å². The average Bonchev–Trinajstić information content (AvgIpc) is 2.99. The van der Waals surface area contributed by atoms with E-state index in [1.54, 1.807) is 12.1 Å². The molecule has 2 heterocycles. The number of pyridine rings is 1. The molecule has 1 atom stereocenters. The maximum absolute atomic E-state index is 13.0. The minimum atomic E-state index is -0.925. The number of nitrogens with two attached hydrogens (primary N) is 1. The van der Waals surface area contributed by atoms with Crippen molar-refractivity contribution in [1.29, 1.82) is 0 Å². The molecule has 0 saturated heterocycles. The van der Waals surface area contributed by atoms with Crippen LogP contribution >= 0.6 is 11.6 Å². The van der Waals surface area contributed by atoms with Crippen LogP contribution in [0.25, 0.3) is 10.9 Å². The van der Waals surface area contributed by atoms with Gasteiger partial charge in [0.05, 0.1) is 11.7 Å². The topological polar surface area (TPSA) is 101 Å². The number of halogens is 2. The monoisotopic (exact) mass is 360 g/mol. The molecule has 0 spiro atoms. The first kappa shape index (κ1) is 16.9. The quantitative estimate of drug-likeness (QED) is 0.608. The molecule has 2 amide bonds. The summed E-state index contributed by atoms with van der Waals surface area (Å²) in [4.78, 5) is 30.9. The Morgan fingerprint density at radius 1 is 1.28 bits per heavy atom. The maximum atomic E-state index is 13.0. The molecule has 4 N–H and O–H groups in total. The summed E-state index contributed by atoms with van der Waals surface area (Å²) >= 11 is 5.82. The molecule has 0 aliphatic heterocycles. The molecule has 128 valence electrons. The smallest absolute Gasteiger partial charge is 0.268 e. The summed E-state index contributed by atoms with van der Waals surface area (Å²) in [5.41, 5.74) is 6.95. The summed E-state index contributed by atoms with van der Waals surface area (Å²) in [5, 5.41) is 3.61. The van der Waals surface area contributed by atoms with Crippen LogP contribution in [0.1, 0.15) is 16.1 Å². The third-order valence-corrected chi connectivity index (χ3v) is 3.92. The number of hydrogen-bond acceptors (Lipinski definition) is 3. The summed E-state index contributed by atoms with van der Waals surface area (Å²) in [6.07, 6.45) is 1.67. The lowest BCUT2D eigenvalue weighted by Gasteiger charge is -2.15. The van der Waals surface area contributed by atoms with Crippen LogP contribution in [0, 0.1) is 5.82 Å². The van der Waals surface area contributed by atoms with Gasteiger partial charge in [-0.3, -0.25) is 9.59 Å². The van der Waals surface area contributed by atoms with E-state index in [-0.39, 0.29) is 17.9 Å². The van der Waals surface area contributed by atoms with Crippen molar-refractivity contribution in [3.63, 3.8) is 0 Å². The second-order valence-corrected chi connectivity index (χ2v) is 5.92. The normalized spacial score (nSPS) is 12.1. The van der Waals surface area contributed by atoms with Crippen LogP contribution in [0.3, 0.4) is 0 Å². The molecular formula is C17H14ClFN4O2. The Morgan fingerprint density at radius 3 is 2.68 bits per heavy atom. The van der Waals surface area contributed by atoms with Gasteiger partial charge in [0.1, 0.15) is 22.7 Å². The number of nitrogens with one attached hydrogen (secondary N) is 2. The number of hydrogen-bond donors (Lipinski definition) is 3. The van der Waals surface area contributed by atoms with Gasteiger partial charge in [-0.05, 0) is 29.8 Å². The predicted molar refractivity (Wildman–Crippen MR) is 91.7 cm³/mol. The highest BCUT2D eigenvalue weighted by atomic mass is 35.5. The van der Waals surface area contributed by atoms with Crippen LogP contribution in [0.15, 0.2) is 42.6 Å². The van der Waals surface area contributed by atoms with Gasteiger partial charge in [0.25, 0.3) is 5.91 Å². The molecule has 0 saturated carbocycles. The van der Waals surface area contributed by atoms with Crippen molar-refractivity contribution < 1.29 is 14.0 Å². The van der Waals surface area contributed by atoms with Gasteiger partial charge in [0.15, 0.2) is 0 Å². The van der Waals surface area contributed by atoms with E-state index in [9.17, 15) is 14.0 Å². The minimum Gasteiger partial charge on any atom is -0.368 e. The Bertz CT molecular complexity index is 939. The van der Waals surface area contributed by atoms with Gasteiger partial charge in [-0.1, -0.05) is 23.7 Å². The highest BCUT2D eigenvalue weighted by molar-refractivity contribution is 6.30. The van der Waals surface area contributed by atoms with Gasteiger partial charge in [-0.15, -0.1) is 0 Å². The van der Waals surface area contributed by atoms with Gasteiger partial charge >= 0.3 is 0 Å². The zero-order valence-electron chi connectivity index (χ0n) is 12.9. The molecule has 0 aliphatic rings. The number of primary amides is 1. The second kappa shape index (κ2) is 6.90. The average molecular weight is 361 g/mol. The first-order valence-electron chi connectivity index (χ1n) is 7.41. The predicted octanol–water partition coefficient (Wildman–Crippen LogP) is 2.18. The van der Waals surface area contributed by atoms with E-state index in [2.05, 4.69) is 15.3 Å². The zero-order valence-corrected chi connectivity index (χ0v) is 13.7. The van der Waals surface area contributed by atoms with Crippen molar-refractivity contribution in [3.05, 3.63) is 64.8 Å². The first-order valence-corrected chi connectivity index (χ1v) is 7.79. The SMILES string of the molecule is NC(=O)[C@H](Cc1ccc(F)cc1)NC(=O)c1cc2cc(Cl)ncc2[nH]1. The van der Waals surface area contributed by atoms with Crippen molar-refractivity contribution in [2.24, 2.45) is 5.73 Å². The Hall–Kier alpha value is -2.93. The minimum absolute atomic E-state index is 0.162. The molecule has 8 heteroatoms. The summed E-state index contributed by atoms with van der Waals surface area (Å²) in [6, 6.07) is 7.93. The molecule has 25 heavy (non-hydrogen) atoms. The Labute approximate surface area is 147 Å². The highest BCUT2D eigenvalue weighted by Gasteiger charge is 2.20. The number of amides is 2. The van der Waals surface area contributed by atoms with E-state index in [1.807, 2.05) is 0 Å². The number of fused-ring (bicyclic) bond motifs is 1. The van der Waals surface area contributed by atoms with Crippen LogP contribution in [0.4, 0.5) is 4.39 Å². The van der Waals surface area contributed by atoms with E-state index in [4.69, 9.17) is 17.3 Å². The maximum Gasteiger partial charge on any atom is 0.268 e. The molecule has 6 nitrogen and oxygen atoms in total. The fourth-order valence-corrected chi connectivity index (χ4v) is 2.61. The van der Waals surface area contributed by atoms with Gasteiger partial charge in [-0.2, -0.15) is 0 Å². The molecule has 0 unspecified atom stereocenters. The second-order valence-electron chi connectivity index (χ2n) is 5.54. The summed E-state index contributed by atoms with van der Waals surface area (Å²) in [7, 11) is 0. The number of benzene rings is 1. The summed E-state index contributed by atoms with van der Waals surface area (Å²) in [6.45, 7) is 0. The Balaban J connectivity index is 1.77. The standard InChI is InChI=1S/C17H14ClFN4O2/c18-15-7-10-6-13(22-14(10)8-21-15)17(25)23-12(16(20)24)5-9-1-3-11(19)4-2-9/h1-4,6-8,12,22H,5H2,(H2,20,24)(H,23,25)/t12-/m0/s1. The fraction of sp³-hybridized carbons (Fsp3) is 0.118. The van der Waals surface area contributed by atoms with Crippen molar-refractivity contribution in [2.75, 3.05) is 0 Å². The number of nitrogens with zero attached hydrogens (tertiary/aromatic N) is 1. The van der Waals surface area contributed by atoms with E-state index in [0.29, 0.717) is 16.2 Å². The number of carbonyl (C=O) groups is 2. The lowest BCUT2D eigenvalue weighted by Crippen LogP contribution is -2.45. The number of aromatic nitrogens is 2. The van der Waals surface area contributed by atoms with Gasteiger partial charge < -0.3 is 16.0 Å². The lowest BCUT2D eigenvalue weighted by molar-refractivity contribution is -0.119. The first-order chi connectivity index (χ1) is 11.9. The molecular weight excluding hydrogens is 347 g/mol. The summed E-state index contributed by atoms with van der Waals surface area (Å²) < 4.78 is 13.0. The number of carbonyl (C=O) groups excluding carboxylic acids is 2. The Morgan fingerprint density at radius 2 is 2.00 bits per heavy atom. The number of H-pyrrole nitrogens is 1. The molecule has 0 fully saturated rings. The third-order valence-electron chi connectivity index (χ3n) is 3.72. The largest absolute Gasteiger partial charge is 0.368 e. The van der Waals surface area contributed by atoms with Crippen LogP contribution in [-0.4, -0.2) is 27.8 Å². The van der Waals surface area contributed by atoms with E-state index >= 15 is 0 Å². The van der Waals surface area contributed by atoms with E-state index < -0.39 is 17.9 Å². The fourth-order valence-electron chi connectivity index (χ4n) is 2.44. The van der Waals surface area contributed by atoms with Crippen LogP contribution < -0.4 is 11.1 Å². The van der Waals surface area contributed by atoms with Crippen LogP contribution in [0.5, 0.6) is 0 Å². The zero-order chi connectivity index (χ0) is 18.0. The van der Waals surface area contributed by atoms with Crippen molar-refractivity contribution in [2.45, 2.75) is 12.5 Å². The van der Waals surface area contributed by atoms with Gasteiger partial charge in [0, 0.05) is 11.8 Å². The highest BCUT2D eigenvalue weighted by Crippen LogP contribution is 2.18. The van der Waals surface area contributed by atoms with E-state index in [0.717, 1.165) is 5.39 Å². The molecule has 0 aliphatic carbocycles. The molecule has 3 aromatic rings. The number of rotatable bonds is 5. The molecule has 2 aromatic heterocycles. The molecule has 3 rings (SSSR count). The molecule has 0 bridgehead atoms. The molecule has 0 radical (unpaired) electrons. The van der Waals surface area contributed by atoms with Crippen molar-refractivity contribution in [3.8, 4) is 0 Å². The van der Waals surface area contributed by atoms with Crippen molar-refractivity contribution >= 4 is 34.3 Å². The molecule has 1 aromatic carbocycles. The van der Waals surface area contributed by atoms with Crippen molar-refractivity contribution in [1.82, 2.24) is 15.3 Å². The van der Waals surface area contributed by atoms with Crippen LogP contribution in [0.2, 0.25) is 5.15 Å². The van der Waals surface area contributed by atoms with Gasteiger partial charge in [0.2, 0.25) is 5.91 Å². The number of aromatic amines is 1. The summed E-state index contributed by atoms with van der Waals surface area (Å²) in [5.74, 6) is -1.55. The van der Waals surface area contributed by atoms with Gasteiger partial charge in [-0.25, -0.2) is 9.37 Å². The lowest BCUT2D eigenvalue weighted by atomic mass is 10.1. The third kappa shape index (κ3) is 3.95. The van der Waals surface area contributed by atoms with Crippen LogP contribution in [-0.2, 0) is 11.2 Å².